The van der Waals surface area contributed by atoms with Crippen molar-refractivity contribution in [2.24, 2.45) is 0 Å². The van der Waals surface area contributed by atoms with Crippen molar-refractivity contribution >= 4 is 16.4 Å². The van der Waals surface area contributed by atoms with Crippen LogP contribution in [0.3, 0.4) is 0 Å². The number of fused-ring (bicyclic) bond motifs is 2. The second kappa shape index (κ2) is 7.00. The molecule has 5 aromatic rings. The van der Waals surface area contributed by atoms with E-state index < -0.39 is 0 Å². The molecule has 0 amide bonds. The number of nitrogens with one attached hydrogen (secondary N) is 1. The molecule has 0 bridgehead atoms. The highest BCUT2D eigenvalue weighted by atomic mass is 16.5. The summed E-state index contributed by atoms with van der Waals surface area (Å²) >= 11 is 0. The number of nitrogens with zero attached hydrogens (tertiary/aromatic N) is 4. The first kappa shape index (κ1) is 17.9. The lowest BCUT2D eigenvalue weighted by Crippen LogP contribution is -2.26. The quantitative estimate of drug-likeness (QED) is 0.501. The van der Waals surface area contributed by atoms with Gasteiger partial charge in [0.15, 0.2) is 5.65 Å². The molecule has 8 nitrogen and oxygen atoms in total. The van der Waals surface area contributed by atoms with Gasteiger partial charge in [0, 0.05) is 17.8 Å². The zero-order valence-electron chi connectivity index (χ0n) is 16.1. The van der Waals surface area contributed by atoms with Gasteiger partial charge in [0.2, 0.25) is 5.88 Å². The van der Waals surface area contributed by atoms with Gasteiger partial charge in [0.05, 0.1) is 30.1 Å². The topological polar surface area (TPSA) is 94.3 Å². The van der Waals surface area contributed by atoms with E-state index in [1.165, 1.54) is 22.4 Å². The number of H-pyrrole nitrogens is 1. The Hall–Kier alpha value is -4.20. The summed E-state index contributed by atoms with van der Waals surface area (Å²) in [5.41, 5.74) is 2.12. The highest BCUT2D eigenvalue weighted by molar-refractivity contribution is 5.85. The fourth-order valence-corrected chi connectivity index (χ4v) is 3.56. The second-order valence-corrected chi connectivity index (χ2v) is 6.82. The molecule has 0 spiro atoms. The van der Waals surface area contributed by atoms with Crippen LogP contribution in [0.25, 0.3) is 27.5 Å². The van der Waals surface area contributed by atoms with Crippen LogP contribution in [-0.4, -0.2) is 31.5 Å². The first-order valence-corrected chi connectivity index (χ1v) is 9.35. The van der Waals surface area contributed by atoms with Gasteiger partial charge in [0.1, 0.15) is 0 Å². The van der Waals surface area contributed by atoms with E-state index >= 15 is 0 Å². The predicted octanol–water partition coefficient (Wildman–Crippen LogP) is 2.46. The van der Waals surface area contributed by atoms with Gasteiger partial charge in [-0.15, -0.1) is 5.10 Å². The van der Waals surface area contributed by atoms with Crippen molar-refractivity contribution < 1.29 is 4.74 Å². The number of methoxy groups -OCH3 is 1. The lowest BCUT2D eigenvalue weighted by molar-refractivity contribution is 0.385. The fourth-order valence-electron chi connectivity index (χ4n) is 3.56. The van der Waals surface area contributed by atoms with Gasteiger partial charge >= 0.3 is 0 Å². The Balaban J connectivity index is 1.66. The number of hydrogen-bond donors (Lipinski definition) is 1. The Kier molecular flexibility index (Phi) is 4.17. The van der Waals surface area contributed by atoms with E-state index in [4.69, 9.17) is 4.74 Å². The maximum absolute atomic E-state index is 12.9. The van der Waals surface area contributed by atoms with Crippen molar-refractivity contribution in [1.29, 1.82) is 0 Å². The van der Waals surface area contributed by atoms with Gasteiger partial charge in [0.25, 0.3) is 11.1 Å². The SMILES string of the molecule is COc1nn(Cc2cc(=O)n3[nH]cc(-c4ccccc4)c3n2)c(=O)c2ccccc12. The van der Waals surface area contributed by atoms with Crippen LogP contribution in [0.15, 0.2) is 76.4 Å². The number of ether oxygens (including phenoxy) is 1. The molecule has 8 heteroatoms. The third-order valence-corrected chi connectivity index (χ3v) is 4.97. The van der Waals surface area contributed by atoms with Crippen molar-refractivity contribution in [2.75, 3.05) is 7.11 Å². The molecule has 0 aliphatic heterocycles. The molecule has 30 heavy (non-hydrogen) atoms. The predicted molar refractivity (Wildman–Crippen MR) is 113 cm³/mol. The van der Waals surface area contributed by atoms with Crippen LogP contribution in [0.4, 0.5) is 0 Å². The van der Waals surface area contributed by atoms with Gasteiger partial charge in [-0.25, -0.2) is 14.2 Å². The van der Waals surface area contributed by atoms with Crippen molar-refractivity contribution in [2.45, 2.75) is 6.54 Å². The molecule has 0 atom stereocenters. The molecule has 0 aliphatic carbocycles. The van der Waals surface area contributed by atoms with Crippen molar-refractivity contribution in [3.05, 3.63) is 93.3 Å². The molecule has 0 saturated carbocycles. The maximum Gasteiger partial charge on any atom is 0.275 e. The monoisotopic (exact) mass is 399 g/mol. The Bertz CT molecular complexity index is 1500. The van der Waals surface area contributed by atoms with Crippen LogP contribution >= 0.6 is 0 Å². The molecule has 2 aromatic carbocycles. The summed E-state index contributed by atoms with van der Waals surface area (Å²) in [6.45, 7) is 0.0468. The number of aromatic amines is 1. The minimum atomic E-state index is -0.272. The average molecular weight is 399 g/mol. The second-order valence-electron chi connectivity index (χ2n) is 6.82. The van der Waals surface area contributed by atoms with Gasteiger partial charge < -0.3 is 4.74 Å². The minimum absolute atomic E-state index is 0.0468. The largest absolute Gasteiger partial charge is 0.480 e. The third kappa shape index (κ3) is 2.86. The molecule has 0 radical (unpaired) electrons. The first-order valence-electron chi connectivity index (χ1n) is 9.35. The van der Waals surface area contributed by atoms with Crippen LogP contribution in [0.5, 0.6) is 5.88 Å². The van der Waals surface area contributed by atoms with E-state index in [1.807, 2.05) is 36.4 Å². The van der Waals surface area contributed by atoms with Crippen LogP contribution in [0.1, 0.15) is 5.69 Å². The summed E-state index contributed by atoms with van der Waals surface area (Å²) in [7, 11) is 1.51. The van der Waals surface area contributed by atoms with Crippen molar-refractivity contribution in [1.82, 2.24) is 24.4 Å². The van der Waals surface area contributed by atoms with E-state index in [0.29, 0.717) is 28.0 Å². The molecule has 0 unspecified atom stereocenters. The van der Waals surface area contributed by atoms with Gasteiger partial charge in [-0.05, 0) is 17.7 Å². The third-order valence-electron chi connectivity index (χ3n) is 4.97. The molecule has 0 fully saturated rings. The Morgan fingerprint density at radius 1 is 1.00 bits per heavy atom. The van der Waals surface area contributed by atoms with E-state index in [2.05, 4.69) is 15.2 Å². The Morgan fingerprint density at radius 3 is 2.50 bits per heavy atom. The van der Waals surface area contributed by atoms with Gasteiger partial charge in [-0.1, -0.05) is 42.5 Å². The molecular weight excluding hydrogens is 382 g/mol. The molecule has 3 heterocycles. The highest BCUT2D eigenvalue weighted by Crippen LogP contribution is 2.22. The van der Waals surface area contributed by atoms with E-state index in [1.54, 1.807) is 24.4 Å². The van der Waals surface area contributed by atoms with Crippen molar-refractivity contribution in [3.8, 4) is 17.0 Å². The summed E-state index contributed by atoms with van der Waals surface area (Å²) in [6, 6.07) is 18.2. The summed E-state index contributed by atoms with van der Waals surface area (Å²) in [5.74, 6) is 0.342. The summed E-state index contributed by atoms with van der Waals surface area (Å²) in [4.78, 5) is 30.2. The lowest BCUT2D eigenvalue weighted by atomic mass is 10.1. The van der Waals surface area contributed by atoms with Crippen LogP contribution in [-0.2, 0) is 6.54 Å². The molecule has 0 aliphatic rings. The van der Waals surface area contributed by atoms with Crippen LogP contribution in [0, 0.1) is 0 Å². The average Bonchev–Trinajstić information content (AvgIpc) is 3.21. The molecule has 5 rings (SSSR count). The van der Waals surface area contributed by atoms with Crippen molar-refractivity contribution in [3.63, 3.8) is 0 Å². The standard InChI is InChI=1S/C22H17N5O3/c1-30-21-16-9-5-6-10-17(16)22(29)26(25-21)13-15-11-19(28)27-20(24-15)18(12-23-27)14-7-3-2-4-8-14/h2-12,23H,13H2,1H3. The zero-order chi connectivity index (χ0) is 20.7. The Labute approximate surface area is 170 Å². The number of rotatable bonds is 4. The zero-order valence-corrected chi connectivity index (χ0v) is 16.1. The van der Waals surface area contributed by atoms with E-state index in [-0.39, 0.29) is 17.7 Å². The van der Waals surface area contributed by atoms with Crippen LogP contribution < -0.4 is 15.9 Å². The first-order chi connectivity index (χ1) is 14.7. The lowest BCUT2D eigenvalue weighted by Gasteiger charge is -2.10. The van der Waals surface area contributed by atoms with Crippen LogP contribution in [0.2, 0.25) is 0 Å². The summed E-state index contributed by atoms with van der Waals surface area (Å²) < 4.78 is 8.01. The molecule has 1 N–H and O–H groups in total. The minimum Gasteiger partial charge on any atom is -0.480 e. The Morgan fingerprint density at radius 2 is 1.73 bits per heavy atom. The number of hydrogen-bond acceptors (Lipinski definition) is 5. The summed E-state index contributed by atoms with van der Waals surface area (Å²) in [6.07, 6.45) is 1.74. The number of aromatic nitrogens is 5. The maximum atomic E-state index is 12.9. The van der Waals surface area contributed by atoms with E-state index in [0.717, 1.165) is 11.1 Å². The molecular formula is C22H17N5O3. The summed E-state index contributed by atoms with van der Waals surface area (Å²) in [5, 5.41) is 8.39. The van der Waals surface area contributed by atoms with Gasteiger partial charge in [-0.3, -0.25) is 14.7 Å². The highest BCUT2D eigenvalue weighted by Gasteiger charge is 2.14. The van der Waals surface area contributed by atoms with E-state index in [9.17, 15) is 9.59 Å². The smallest absolute Gasteiger partial charge is 0.275 e. The number of benzene rings is 2. The molecule has 0 saturated heterocycles. The molecule has 3 aromatic heterocycles. The normalized spacial score (nSPS) is 11.2. The van der Waals surface area contributed by atoms with Gasteiger partial charge in [-0.2, -0.15) is 0 Å². The molecule has 148 valence electrons. The fraction of sp³-hybridized carbons (Fsp3) is 0.0909.